The van der Waals surface area contributed by atoms with Crippen molar-refractivity contribution in [3.8, 4) is 0 Å². The van der Waals surface area contributed by atoms with Crippen molar-refractivity contribution < 1.29 is 13.0 Å². The Bertz CT molecular complexity index is 546. The Labute approximate surface area is 132 Å². The van der Waals surface area contributed by atoms with Gasteiger partial charge in [-0.15, -0.1) is 0 Å². The van der Waals surface area contributed by atoms with Crippen LogP contribution in [0.1, 0.15) is 26.2 Å². The first-order chi connectivity index (χ1) is 10.3. The average Bonchev–Trinajstić information content (AvgIpc) is 2.43. The molecule has 7 N–H and O–H groups in total. The predicted octanol–water partition coefficient (Wildman–Crippen LogP) is -0.529. The van der Waals surface area contributed by atoms with E-state index in [1.54, 1.807) is 12.2 Å². The van der Waals surface area contributed by atoms with E-state index in [2.05, 4.69) is 16.7 Å². The van der Waals surface area contributed by atoms with Crippen LogP contribution in [-0.4, -0.2) is 49.1 Å². The summed E-state index contributed by atoms with van der Waals surface area (Å²) in [5, 5.41) is 5.62. The van der Waals surface area contributed by atoms with Crippen LogP contribution in [0.15, 0.2) is 23.8 Å². The maximum Gasteiger partial charge on any atom is 0.269 e. The lowest BCUT2D eigenvalue weighted by atomic mass is 9.90. The Kier molecular flexibility index (Phi) is 5.76. The molecule has 22 heavy (non-hydrogen) atoms. The smallest absolute Gasteiger partial charge is 0.269 e. The predicted molar refractivity (Wildman–Crippen MR) is 86.7 cm³/mol. The molecule has 0 amide bonds. The normalized spacial score (nSPS) is 36.2. The molecular formula is C14H26N4O3S. The van der Waals surface area contributed by atoms with Gasteiger partial charge in [-0.05, 0) is 26.2 Å². The molecule has 0 aliphatic heterocycles. The number of hydrogen-bond acceptors (Lipinski definition) is 6. The maximum atomic E-state index is 11.6. The molecule has 0 saturated carbocycles. The van der Waals surface area contributed by atoms with Crippen LogP contribution < -0.4 is 22.1 Å². The van der Waals surface area contributed by atoms with Gasteiger partial charge in [-0.25, -0.2) is 0 Å². The Morgan fingerprint density at radius 2 is 2.09 bits per heavy atom. The molecule has 126 valence electrons. The molecule has 2 aliphatic rings. The molecular weight excluding hydrogens is 304 g/mol. The van der Waals surface area contributed by atoms with Crippen LogP contribution in [0.2, 0.25) is 0 Å². The fourth-order valence-corrected chi connectivity index (χ4v) is 4.20. The van der Waals surface area contributed by atoms with Crippen LogP contribution in [0.4, 0.5) is 0 Å². The second-order valence-corrected chi connectivity index (χ2v) is 7.72. The van der Waals surface area contributed by atoms with Crippen molar-refractivity contribution in [2.75, 3.05) is 6.67 Å². The lowest BCUT2D eigenvalue weighted by Crippen LogP contribution is -2.52. The summed E-state index contributed by atoms with van der Waals surface area (Å²) in [5.74, 6) is 0. The van der Waals surface area contributed by atoms with Gasteiger partial charge in [-0.1, -0.05) is 23.8 Å². The lowest BCUT2D eigenvalue weighted by Gasteiger charge is -2.35. The molecule has 4 unspecified atom stereocenters. The van der Waals surface area contributed by atoms with E-state index in [0.29, 0.717) is 6.67 Å². The van der Waals surface area contributed by atoms with Crippen molar-refractivity contribution >= 4 is 10.1 Å². The van der Waals surface area contributed by atoms with Crippen LogP contribution in [0.3, 0.4) is 0 Å². The maximum absolute atomic E-state index is 11.6. The molecule has 0 saturated heterocycles. The topological polar surface area (TPSA) is 130 Å². The van der Waals surface area contributed by atoms with Crippen molar-refractivity contribution in [2.45, 2.75) is 55.6 Å². The Balaban J connectivity index is 2.09. The summed E-state index contributed by atoms with van der Waals surface area (Å²) in [6, 6.07) is -0.423. The molecule has 0 radical (unpaired) electrons. The molecule has 2 rings (SSSR count). The fraction of sp³-hybridized carbons (Fsp3) is 0.714. The molecule has 0 aromatic heterocycles. The average molecular weight is 330 g/mol. The standard InChI is InChI=1S/C14H26N4O3S/c1-9-6-11(17-8-15)3-5-12(9)18-13-4-2-10(16)7-14(13)22(19,20)21/h2,4,6,10-14,17-18H,3,5,7-8,15-16H2,1H3,(H,19,20,21)/t10?,11?,12?,13-,14?/m1/s1. The van der Waals surface area contributed by atoms with Gasteiger partial charge in [-0.3, -0.25) is 9.87 Å². The summed E-state index contributed by atoms with van der Waals surface area (Å²) in [7, 11) is -4.14. The van der Waals surface area contributed by atoms with E-state index in [9.17, 15) is 13.0 Å². The van der Waals surface area contributed by atoms with Gasteiger partial charge < -0.3 is 16.8 Å². The summed E-state index contributed by atoms with van der Waals surface area (Å²) in [6.45, 7) is 2.45. The SMILES string of the molecule is CC1=CC(NCN)CCC1N[C@@H]1C=CC(N)CC1S(=O)(=O)O. The minimum Gasteiger partial charge on any atom is -0.324 e. The monoisotopic (exact) mass is 330 g/mol. The fourth-order valence-electron chi connectivity index (χ4n) is 3.20. The third-order valence-electron chi connectivity index (χ3n) is 4.41. The summed E-state index contributed by atoms with van der Waals surface area (Å²) in [5.41, 5.74) is 12.4. The number of nitrogens with two attached hydrogens (primary N) is 2. The lowest BCUT2D eigenvalue weighted by molar-refractivity contribution is 0.382. The number of hydrogen-bond donors (Lipinski definition) is 5. The highest BCUT2D eigenvalue weighted by molar-refractivity contribution is 7.86. The van der Waals surface area contributed by atoms with Gasteiger partial charge in [0.2, 0.25) is 0 Å². The van der Waals surface area contributed by atoms with Gasteiger partial charge in [0.25, 0.3) is 10.1 Å². The molecule has 0 aromatic carbocycles. The van der Waals surface area contributed by atoms with Gasteiger partial charge >= 0.3 is 0 Å². The molecule has 0 bridgehead atoms. The minimum absolute atomic E-state index is 0.0871. The van der Waals surface area contributed by atoms with Crippen molar-refractivity contribution in [3.63, 3.8) is 0 Å². The molecule has 0 fully saturated rings. The molecule has 0 spiro atoms. The van der Waals surface area contributed by atoms with E-state index >= 15 is 0 Å². The van der Waals surface area contributed by atoms with Crippen LogP contribution in [-0.2, 0) is 10.1 Å². The second kappa shape index (κ2) is 7.20. The van der Waals surface area contributed by atoms with Crippen LogP contribution in [0.25, 0.3) is 0 Å². The van der Waals surface area contributed by atoms with E-state index in [4.69, 9.17) is 11.5 Å². The van der Waals surface area contributed by atoms with Gasteiger partial charge in [0, 0.05) is 30.8 Å². The van der Waals surface area contributed by atoms with Crippen molar-refractivity contribution in [3.05, 3.63) is 23.8 Å². The minimum atomic E-state index is -4.14. The number of rotatable bonds is 5. The Morgan fingerprint density at radius 3 is 2.68 bits per heavy atom. The number of nitrogens with one attached hydrogen (secondary N) is 2. The zero-order valence-corrected chi connectivity index (χ0v) is 13.6. The van der Waals surface area contributed by atoms with Crippen LogP contribution >= 0.6 is 0 Å². The molecule has 0 aromatic rings. The first-order valence-corrected chi connectivity index (χ1v) is 9.09. The van der Waals surface area contributed by atoms with E-state index in [0.717, 1.165) is 18.4 Å². The highest BCUT2D eigenvalue weighted by Gasteiger charge is 2.36. The zero-order valence-electron chi connectivity index (χ0n) is 12.8. The van der Waals surface area contributed by atoms with Gasteiger partial charge in [0.1, 0.15) is 5.25 Å². The Hall–Kier alpha value is -0.770. The van der Waals surface area contributed by atoms with E-state index in [1.807, 2.05) is 6.92 Å². The summed E-state index contributed by atoms with van der Waals surface area (Å²) < 4.78 is 32.6. The summed E-state index contributed by atoms with van der Waals surface area (Å²) >= 11 is 0. The molecule has 0 heterocycles. The van der Waals surface area contributed by atoms with E-state index in [1.165, 1.54) is 0 Å². The highest BCUT2D eigenvalue weighted by Crippen LogP contribution is 2.23. The first-order valence-electron chi connectivity index (χ1n) is 7.59. The van der Waals surface area contributed by atoms with Crippen molar-refractivity contribution in [1.29, 1.82) is 0 Å². The molecule has 5 atom stereocenters. The van der Waals surface area contributed by atoms with Gasteiger partial charge in [0.05, 0.1) is 0 Å². The molecule has 2 aliphatic carbocycles. The quantitative estimate of drug-likeness (QED) is 0.260. The van der Waals surface area contributed by atoms with Gasteiger partial charge in [-0.2, -0.15) is 8.42 Å². The zero-order chi connectivity index (χ0) is 16.3. The largest absolute Gasteiger partial charge is 0.324 e. The second-order valence-electron chi connectivity index (χ2n) is 6.09. The third-order valence-corrected chi connectivity index (χ3v) is 5.66. The highest BCUT2D eigenvalue weighted by atomic mass is 32.2. The van der Waals surface area contributed by atoms with Crippen LogP contribution in [0, 0.1) is 0 Å². The Morgan fingerprint density at radius 1 is 1.36 bits per heavy atom. The van der Waals surface area contributed by atoms with Crippen molar-refractivity contribution in [1.82, 2.24) is 10.6 Å². The molecule has 7 nitrogen and oxygen atoms in total. The third kappa shape index (κ3) is 4.37. The van der Waals surface area contributed by atoms with Crippen LogP contribution in [0.5, 0.6) is 0 Å². The van der Waals surface area contributed by atoms with Gasteiger partial charge in [0.15, 0.2) is 0 Å². The van der Waals surface area contributed by atoms with E-state index in [-0.39, 0.29) is 24.5 Å². The summed E-state index contributed by atoms with van der Waals surface area (Å²) in [4.78, 5) is 0. The first kappa shape index (κ1) is 17.6. The summed E-state index contributed by atoms with van der Waals surface area (Å²) in [6.07, 6.45) is 7.70. The van der Waals surface area contributed by atoms with Crippen molar-refractivity contribution in [2.24, 2.45) is 11.5 Å². The molecule has 8 heteroatoms. The van der Waals surface area contributed by atoms with E-state index < -0.39 is 21.4 Å².